The number of carbonyl (C=O) groups excluding carboxylic acids is 1. The summed E-state index contributed by atoms with van der Waals surface area (Å²) >= 11 is 0. The van der Waals surface area contributed by atoms with Gasteiger partial charge in [0.15, 0.2) is 0 Å². The molecule has 1 atom stereocenters. The van der Waals surface area contributed by atoms with Gasteiger partial charge in [-0.1, -0.05) is 18.2 Å². The van der Waals surface area contributed by atoms with E-state index < -0.39 is 11.7 Å². The molecule has 0 bridgehead atoms. The third kappa shape index (κ3) is 3.14. The second-order valence-corrected chi connectivity index (χ2v) is 6.29. The Labute approximate surface area is 152 Å². The molecule has 1 amide bonds. The van der Waals surface area contributed by atoms with Crippen molar-refractivity contribution >= 4 is 11.7 Å². The fraction of sp³-hybridized carbons (Fsp3) is 0.158. The molecule has 8 heteroatoms. The molecule has 138 valence electrons. The smallest absolute Gasteiger partial charge is 0.416 e. The van der Waals surface area contributed by atoms with E-state index in [0.29, 0.717) is 11.5 Å². The van der Waals surface area contributed by atoms with Gasteiger partial charge in [-0.05, 0) is 35.9 Å². The summed E-state index contributed by atoms with van der Waals surface area (Å²) in [4.78, 5) is 16.5. The number of carbonyl (C=O) groups is 1. The van der Waals surface area contributed by atoms with E-state index in [1.165, 1.54) is 35.2 Å². The molecule has 0 saturated carbocycles. The van der Waals surface area contributed by atoms with Crippen molar-refractivity contribution in [1.82, 2.24) is 9.55 Å². The number of fused-ring (bicyclic) bond motifs is 1. The number of hydrogen-bond acceptors (Lipinski definition) is 3. The fourth-order valence-corrected chi connectivity index (χ4v) is 3.22. The Morgan fingerprint density at radius 2 is 1.89 bits per heavy atom. The van der Waals surface area contributed by atoms with Crippen LogP contribution in [-0.4, -0.2) is 20.6 Å². The van der Waals surface area contributed by atoms with E-state index in [-0.39, 0.29) is 29.7 Å². The molecule has 1 unspecified atom stereocenters. The number of nitrogens with zero attached hydrogens (tertiary/aromatic N) is 2. The monoisotopic (exact) mass is 373 g/mol. The first kappa shape index (κ1) is 17.1. The van der Waals surface area contributed by atoms with Crippen molar-refractivity contribution in [3.63, 3.8) is 0 Å². The van der Waals surface area contributed by atoms with Crippen LogP contribution >= 0.6 is 0 Å². The SMILES string of the molecule is O=C1CC(c2ccc(O)cc2)c2ncn(-c3cccc(C(F)(F)F)c3)c2N1. The van der Waals surface area contributed by atoms with Crippen molar-refractivity contribution in [2.45, 2.75) is 18.5 Å². The quantitative estimate of drug-likeness (QED) is 0.712. The van der Waals surface area contributed by atoms with Crippen LogP contribution in [0.1, 0.15) is 29.2 Å². The second kappa shape index (κ2) is 6.15. The molecule has 4 rings (SSSR count). The predicted molar refractivity (Wildman–Crippen MR) is 91.8 cm³/mol. The van der Waals surface area contributed by atoms with Crippen LogP contribution in [0.4, 0.5) is 19.0 Å². The Morgan fingerprint density at radius 1 is 1.15 bits per heavy atom. The lowest BCUT2D eigenvalue weighted by atomic mass is 9.90. The Bertz CT molecular complexity index is 1010. The van der Waals surface area contributed by atoms with E-state index in [1.54, 1.807) is 12.1 Å². The summed E-state index contributed by atoms with van der Waals surface area (Å²) in [6.45, 7) is 0. The number of aromatic nitrogens is 2. The first-order chi connectivity index (χ1) is 12.8. The second-order valence-electron chi connectivity index (χ2n) is 6.29. The molecular formula is C19H14F3N3O2. The van der Waals surface area contributed by atoms with Gasteiger partial charge in [0.25, 0.3) is 0 Å². The molecule has 0 spiro atoms. The van der Waals surface area contributed by atoms with Crippen LogP contribution in [-0.2, 0) is 11.0 Å². The van der Waals surface area contributed by atoms with E-state index in [2.05, 4.69) is 10.3 Å². The molecule has 1 aliphatic heterocycles. The number of imidazole rings is 1. The summed E-state index contributed by atoms with van der Waals surface area (Å²) < 4.78 is 40.5. The minimum Gasteiger partial charge on any atom is -0.508 e. The Balaban J connectivity index is 1.79. The van der Waals surface area contributed by atoms with Crippen LogP contribution in [0.3, 0.4) is 0 Å². The minimum atomic E-state index is -4.46. The van der Waals surface area contributed by atoms with Gasteiger partial charge >= 0.3 is 6.18 Å². The van der Waals surface area contributed by atoms with Crippen LogP contribution in [0, 0.1) is 0 Å². The van der Waals surface area contributed by atoms with Crippen LogP contribution in [0.2, 0.25) is 0 Å². The van der Waals surface area contributed by atoms with Gasteiger partial charge in [-0.2, -0.15) is 13.2 Å². The summed E-state index contributed by atoms with van der Waals surface area (Å²) in [5, 5.41) is 12.2. The molecular weight excluding hydrogens is 359 g/mol. The summed E-state index contributed by atoms with van der Waals surface area (Å²) in [5.41, 5.74) is 0.834. The molecule has 0 radical (unpaired) electrons. The summed E-state index contributed by atoms with van der Waals surface area (Å²) in [7, 11) is 0. The van der Waals surface area contributed by atoms with Gasteiger partial charge in [0.1, 0.15) is 17.9 Å². The average molecular weight is 373 g/mol. The van der Waals surface area contributed by atoms with Crippen molar-refractivity contribution in [1.29, 1.82) is 0 Å². The van der Waals surface area contributed by atoms with Crippen LogP contribution in [0.25, 0.3) is 5.69 Å². The highest BCUT2D eigenvalue weighted by molar-refractivity contribution is 5.94. The molecule has 2 N–H and O–H groups in total. The molecule has 27 heavy (non-hydrogen) atoms. The lowest BCUT2D eigenvalue weighted by molar-refractivity contribution is -0.137. The van der Waals surface area contributed by atoms with Crippen LogP contribution < -0.4 is 5.32 Å². The Kier molecular flexibility index (Phi) is 3.91. The molecule has 1 aromatic heterocycles. The highest BCUT2D eigenvalue weighted by Gasteiger charge is 2.33. The molecule has 0 fully saturated rings. The normalized spacial score (nSPS) is 16.7. The maximum absolute atomic E-state index is 13.0. The Hall–Kier alpha value is -3.29. The van der Waals surface area contributed by atoms with Gasteiger partial charge in [-0.25, -0.2) is 4.98 Å². The minimum absolute atomic E-state index is 0.105. The highest BCUT2D eigenvalue weighted by Crippen LogP contribution is 2.38. The molecule has 2 aromatic carbocycles. The number of phenols is 1. The van der Waals surface area contributed by atoms with Crippen LogP contribution in [0.5, 0.6) is 5.75 Å². The van der Waals surface area contributed by atoms with E-state index in [0.717, 1.165) is 17.7 Å². The summed E-state index contributed by atoms with van der Waals surface area (Å²) in [5.74, 6) is -0.145. The van der Waals surface area contributed by atoms with E-state index in [1.807, 2.05) is 0 Å². The summed E-state index contributed by atoms with van der Waals surface area (Å²) in [6, 6.07) is 11.3. The fourth-order valence-electron chi connectivity index (χ4n) is 3.22. The molecule has 5 nitrogen and oxygen atoms in total. The van der Waals surface area contributed by atoms with Gasteiger partial charge in [-0.3, -0.25) is 9.36 Å². The third-order valence-electron chi connectivity index (χ3n) is 4.52. The van der Waals surface area contributed by atoms with Crippen LogP contribution in [0.15, 0.2) is 54.9 Å². The standard InChI is InChI=1S/C19H14F3N3O2/c20-19(21,22)12-2-1-3-13(8-12)25-10-23-17-15(9-16(27)24-18(17)25)11-4-6-14(26)7-5-11/h1-8,10,15,26H,9H2,(H,24,27). The molecule has 2 heterocycles. The first-order valence-corrected chi connectivity index (χ1v) is 8.16. The number of halogens is 3. The van der Waals surface area contributed by atoms with Gasteiger partial charge in [0.2, 0.25) is 5.91 Å². The van der Waals surface area contributed by atoms with E-state index >= 15 is 0 Å². The largest absolute Gasteiger partial charge is 0.508 e. The highest BCUT2D eigenvalue weighted by atomic mass is 19.4. The first-order valence-electron chi connectivity index (χ1n) is 8.16. The molecule has 0 aliphatic carbocycles. The maximum atomic E-state index is 13.0. The van der Waals surface area contributed by atoms with Crippen molar-refractivity contribution in [3.05, 3.63) is 71.7 Å². The van der Waals surface area contributed by atoms with Crippen molar-refractivity contribution in [3.8, 4) is 11.4 Å². The summed E-state index contributed by atoms with van der Waals surface area (Å²) in [6.07, 6.45) is -2.90. The van der Waals surface area contributed by atoms with Crippen molar-refractivity contribution in [2.75, 3.05) is 5.32 Å². The zero-order chi connectivity index (χ0) is 19.2. The maximum Gasteiger partial charge on any atom is 0.416 e. The van der Waals surface area contributed by atoms with Crippen molar-refractivity contribution in [2.24, 2.45) is 0 Å². The zero-order valence-electron chi connectivity index (χ0n) is 13.9. The van der Waals surface area contributed by atoms with Gasteiger partial charge in [0.05, 0.1) is 11.3 Å². The number of amides is 1. The number of rotatable bonds is 2. The number of anilines is 1. The number of nitrogens with one attached hydrogen (secondary N) is 1. The number of benzene rings is 2. The molecule has 1 aliphatic rings. The molecule has 3 aromatic rings. The lowest BCUT2D eigenvalue weighted by Gasteiger charge is -2.23. The van der Waals surface area contributed by atoms with Crippen molar-refractivity contribution < 1.29 is 23.1 Å². The van der Waals surface area contributed by atoms with E-state index in [9.17, 15) is 23.1 Å². The van der Waals surface area contributed by atoms with E-state index in [4.69, 9.17) is 0 Å². The number of phenolic OH excluding ortho intramolecular Hbond substituents is 1. The third-order valence-corrected chi connectivity index (χ3v) is 4.52. The predicted octanol–water partition coefficient (Wildman–Crippen LogP) is 4.07. The number of alkyl halides is 3. The zero-order valence-corrected chi connectivity index (χ0v) is 13.9. The average Bonchev–Trinajstić information content (AvgIpc) is 3.05. The van der Waals surface area contributed by atoms with Gasteiger partial charge in [-0.15, -0.1) is 0 Å². The number of aromatic hydroxyl groups is 1. The Morgan fingerprint density at radius 3 is 2.59 bits per heavy atom. The lowest BCUT2D eigenvalue weighted by Crippen LogP contribution is -2.24. The van der Waals surface area contributed by atoms with Gasteiger partial charge in [0, 0.05) is 18.0 Å². The molecule has 0 saturated heterocycles. The number of hydrogen-bond donors (Lipinski definition) is 2. The van der Waals surface area contributed by atoms with Gasteiger partial charge < -0.3 is 10.4 Å². The topological polar surface area (TPSA) is 67.1 Å².